The van der Waals surface area contributed by atoms with E-state index < -0.39 is 5.97 Å². The number of carboxylic acid groups (broad SMARTS) is 1. The maximum Gasteiger partial charge on any atom is 0.303 e. The van der Waals surface area contributed by atoms with E-state index >= 15 is 0 Å². The van der Waals surface area contributed by atoms with Gasteiger partial charge in [0.2, 0.25) is 0 Å². The Morgan fingerprint density at radius 2 is 1.73 bits per heavy atom. The van der Waals surface area contributed by atoms with Gasteiger partial charge in [0.05, 0.1) is 13.0 Å². The van der Waals surface area contributed by atoms with E-state index in [0.29, 0.717) is 6.61 Å². The van der Waals surface area contributed by atoms with Gasteiger partial charge in [-0.2, -0.15) is 0 Å². The van der Waals surface area contributed by atoms with E-state index in [4.69, 9.17) is 14.9 Å². The third kappa shape index (κ3) is 7.33. The highest BCUT2D eigenvalue weighted by Gasteiger charge is 2.30. The number of hydrogen-bond acceptors (Lipinski definition) is 3. The molecule has 4 heteroatoms. The van der Waals surface area contributed by atoms with Crippen molar-refractivity contribution < 1.29 is 19.7 Å². The number of aliphatic hydroxyl groups is 1. The summed E-state index contributed by atoms with van der Waals surface area (Å²) < 4.78 is 4.96. The van der Waals surface area contributed by atoms with E-state index in [1.54, 1.807) is 0 Å². The molecule has 0 amide bonds. The average Bonchev–Trinajstić information content (AvgIpc) is 1.95. The lowest BCUT2D eigenvalue weighted by Crippen LogP contribution is -2.29. The molecule has 0 saturated carbocycles. The van der Waals surface area contributed by atoms with Crippen LogP contribution < -0.4 is 0 Å². The number of carbonyl (C=O) groups is 1. The van der Waals surface area contributed by atoms with E-state index in [2.05, 4.69) is 0 Å². The Morgan fingerprint density at radius 3 is 2.13 bits per heavy atom. The smallest absolute Gasteiger partial charge is 0.303 e. The van der Waals surface area contributed by atoms with Crippen LogP contribution in [-0.2, 0) is 9.53 Å². The van der Waals surface area contributed by atoms with Gasteiger partial charge in [-0.3, -0.25) is 4.79 Å². The molecule has 0 unspecified atom stereocenters. The highest BCUT2D eigenvalue weighted by molar-refractivity contribution is 5.67. The van der Waals surface area contributed by atoms with Crippen LogP contribution in [0.1, 0.15) is 40.5 Å². The first-order valence-corrected chi connectivity index (χ1v) is 5.09. The van der Waals surface area contributed by atoms with Crippen molar-refractivity contribution >= 4 is 5.97 Å². The summed E-state index contributed by atoms with van der Waals surface area (Å²) in [5.41, 5.74) is -0.379. The molecule has 4 nitrogen and oxygen atoms in total. The van der Waals surface area contributed by atoms with E-state index in [-0.39, 0.29) is 24.0 Å². The van der Waals surface area contributed by atoms with Gasteiger partial charge >= 0.3 is 5.97 Å². The standard InChI is InChI=1S/C11H22O4/c1-10(2,5-9(13)14)6-11(3,4)7-15-8-12/h12H,5-8H2,1-4H3,(H,13,14). The molecule has 0 heterocycles. The molecule has 0 fully saturated rings. The van der Waals surface area contributed by atoms with Gasteiger partial charge < -0.3 is 14.9 Å². The van der Waals surface area contributed by atoms with Gasteiger partial charge in [-0.15, -0.1) is 0 Å². The summed E-state index contributed by atoms with van der Waals surface area (Å²) >= 11 is 0. The summed E-state index contributed by atoms with van der Waals surface area (Å²) in [6, 6.07) is 0. The van der Waals surface area contributed by atoms with Crippen LogP contribution in [0.3, 0.4) is 0 Å². The first kappa shape index (κ1) is 14.4. The van der Waals surface area contributed by atoms with Gasteiger partial charge in [0, 0.05) is 0 Å². The molecule has 0 aromatic heterocycles. The summed E-state index contributed by atoms with van der Waals surface area (Å²) in [6.45, 7) is 8.03. The largest absolute Gasteiger partial charge is 0.481 e. The number of ether oxygens (including phenoxy) is 1. The van der Waals surface area contributed by atoms with Crippen molar-refractivity contribution in [1.29, 1.82) is 0 Å². The fourth-order valence-electron chi connectivity index (χ4n) is 2.14. The lowest BCUT2D eigenvalue weighted by atomic mass is 9.74. The van der Waals surface area contributed by atoms with Crippen LogP contribution in [0.15, 0.2) is 0 Å². The third-order valence-corrected chi connectivity index (χ3v) is 2.17. The number of carboxylic acids is 1. The molecule has 0 aliphatic carbocycles. The van der Waals surface area contributed by atoms with Gasteiger partial charge in [-0.25, -0.2) is 0 Å². The van der Waals surface area contributed by atoms with Crippen molar-refractivity contribution in [1.82, 2.24) is 0 Å². The lowest BCUT2D eigenvalue weighted by Gasteiger charge is -2.33. The Labute approximate surface area is 91.3 Å². The number of aliphatic carboxylic acids is 1. The Morgan fingerprint density at radius 1 is 1.20 bits per heavy atom. The molecule has 0 spiro atoms. The number of rotatable bonds is 7. The van der Waals surface area contributed by atoms with Crippen molar-refractivity contribution in [3.05, 3.63) is 0 Å². The highest BCUT2D eigenvalue weighted by atomic mass is 16.6. The molecule has 2 N–H and O–H groups in total. The second kappa shape index (κ2) is 5.47. The zero-order chi connectivity index (χ0) is 12.1. The maximum atomic E-state index is 10.6. The second-order valence-electron chi connectivity index (χ2n) is 5.55. The van der Waals surface area contributed by atoms with E-state index in [0.717, 1.165) is 6.42 Å². The monoisotopic (exact) mass is 218 g/mol. The van der Waals surface area contributed by atoms with Crippen molar-refractivity contribution in [3.8, 4) is 0 Å². The van der Waals surface area contributed by atoms with Crippen molar-refractivity contribution in [2.75, 3.05) is 13.4 Å². The molecule has 0 aliphatic rings. The maximum absolute atomic E-state index is 10.6. The minimum atomic E-state index is -0.779. The molecule has 90 valence electrons. The van der Waals surface area contributed by atoms with Crippen molar-refractivity contribution in [2.24, 2.45) is 10.8 Å². The Bertz CT molecular complexity index is 209. The predicted molar refractivity (Wildman–Crippen MR) is 57.5 cm³/mol. The van der Waals surface area contributed by atoms with Crippen LogP contribution in [0.2, 0.25) is 0 Å². The summed E-state index contributed by atoms with van der Waals surface area (Å²) in [4.78, 5) is 10.6. The van der Waals surface area contributed by atoms with Gasteiger partial charge in [0.25, 0.3) is 0 Å². The van der Waals surface area contributed by atoms with Crippen LogP contribution >= 0.6 is 0 Å². The Kier molecular flexibility index (Phi) is 5.24. The molecule has 0 rings (SSSR count). The van der Waals surface area contributed by atoms with Gasteiger partial charge in [0.15, 0.2) is 0 Å². The minimum Gasteiger partial charge on any atom is -0.481 e. The molecule has 0 aromatic rings. The normalized spacial score (nSPS) is 12.9. The van der Waals surface area contributed by atoms with Crippen molar-refractivity contribution in [3.63, 3.8) is 0 Å². The first-order chi connectivity index (χ1) is 6.68. The molecule has 0 atom stereocenters. The molecule has 0 aromatic carbocycles. The molecule has 0 aliphatic heterocycles. The van der Waals surface area contributed by atoms with E-state index in [9.17, 15) is 4.79 Å². The van der Waals surface area contributed by atoms with Gasteiger partial charge in [0.1, 0.15) is 6.79 Å². The van der Waals surface area contributed by atoms with Crippen LogP contribution in [0.5, 0.6) is 0 Å². The molecule has 0 saturated heterocycles. The number of aliphatic hydroxyl groups excluding tert-OH is 1. The molecule has 0 radical (unpaired) electrons. The predicted octanol–water partition coefficient (Wildman–Crippen LogP) is 1.87. The molecule has 15 heavy (non-hydrogen) atoms. The van der Waals surface area contributed by atoms with Gasteiger partial charge in [-0.05, 0) is 17.3 Å². The summed E-state index contributed by atoms with van der Waals surface area (Å²) in [5.74, 6) is -0.779. The van der Waals surface area contributed by atoms with E-state index in [1.807, 2.05) is 27.7 Å². The van der Waals surface area contributed by atoms with Crippen LogP contribution in [0.4, 0.5) is 0 Å². The lowest BCUT2D eigenvalue weighted by molar-refractivity contribution is -0.140. The SMILES string of the molecule is CC(C)(COCO)CC(C)(C)CC(=O)O. The fraction of sp³-hybridized carbons (Fsp3) is 0.909. The zero-order valence-electron chi connectivity index (χ0n) is 10.0. The topological polar surface area (TPSA) is 66.8 Å². The van der Waals surface area contributed by atoms with Gasteiger partial charge in [-0.1, -0.05) is 27.7 Å². The van der Waals surface area contributed by atoms with E-state index in [1.165, 1.54) is 0 Å². The Balaban J connectivity index is 4.22. The van der Waals surface area contributed by atoms with Crippen LogP contribution in [0, 0.1) is 10.8 Å². The zero-order valence-corrected chi connectivity index (χ0v) is 10.0. The quantitative estimate of drug-likeness (QED) is 0.640. The third-order valence-electron chi connectivity index (χ3n) is 2.17. The molecular formula is C11H22O4. The second-order valence-corrected chi connectivity index (χ2v) is 5.55. The fourth-order valence-corrected chi connectivity index (χ4v) is 2.14. The summed E-state index contributed by atoms with van der Waals surface area (Å²) in [7, 11) is 0. The van der Waals surface area contributed by atoms with Crippen LogP contribution in [0.25, 0.3) is 0 Å². The highest BCUT2D eigenvalue weighted by Crippen LogP contribution is 2.36. The average molecular weight is 218 g/mol. The molecule has 0 bridgehead atoms. The Hall–Kier alpha value is -0.610. The first-order valence-electron chi connectivity index (χ1n) is 5.09. The summed E-state index contributed by atoms with van der Waals surface area (Å²) in [6.07, 6.45) is 0.891. The summed E-state index contributed by atoms with van der Waals surface area (Å²) in [5, 5.41) is 17.3. The van der Waals surface area contributed by atoms with Crippen LogP contribution in [-0.4, -0.2) is 29.6 Å². The molecular weight excluding hydrogens is 196 g/mol. The number of hydrogen-bond donors (Lipinski definition) is 2. The van der Waals surface area contributed by atoms with Crippen molar-refractivity contribution in [2.45, 2.75) is 40.5 Å². The minimum absolute atomic E-state index is 0.123.